The number of hydrogen-bond acceptors (Lipinski definition) is 6. The Labute approximate surface area is 181 Å². The van der Waals surface area contributed by atoms with Gasteiger partial charge in [-0.25, -0.2) is 0 Å². The van der Waals surface area contributed by atoms with Crippen molar-refractivity contribution in [2.45, 2.75) is 44.8 Å². The maximum absolute atomic E-state index is 13.1. The summed E-state index contributed by atoms with van der Waals surface area (Å²) in [6.45, 7) is 9.44. The molecule has 0 aliphatic carbocycles. The maximum atomic E-state index is 13.1. The standard InChI is InChI=1S/C23H27N3O3S/c1-5-26(6-2)22(27)21(18-10-8-7-9-11-18)30-23-25-24-20(29-23)15-28-19-14-16(3)12-13-17(19)4/h7-14,21H,5-6,15H2,1-4H3. The molecule has 0 radical (unpaired) electrons. The van der Waals surface area contributed by atoms with Crippen molar-refractivity contribution in [3.8, 4) is 5.75 Å². The van der Waals surface area contributed by atoms with E-state index in [0.717, 1.165) is 22.4 Å². The topological polar surface area (TPSA) is 68.5 Å². The number of benzene rings is 2. The Balaban J connectivity index is 1.73. The summed E-state index contributed by atoms with van der Waals surface area (Å²) < 4.78 is 11.6. The summed E-state index contributed by atoms with van der Waals surface area (Å²) in [6, 6.07) is 15.7. The monoisotopic (exact) mass is 425 g/mol. The first kappa shape index (κ1) is 21.9. The van der Waals surface area contributed by atoms with Crippen LogP contribution in [-0.4, -0.2) is 34.1 Å². The van der Waals surface area contributed by atoms with Crippen LogP contribution in [0.3, 0.4) is 0 Å². The van der Waals surface area contributed by atoms with Gasteiger partial charge in [0, 0.05) is 13.1 Å². The van der Waals surface area contributed by atoms with E-state index in [2.05, 4.69) is 10.2 Å². The number of nitrogens with zero attached hydrogens (tertiary/aromatic N) is 3. The lowest BCUT2D eigenvalue weighted by atomic mass is 10.1. The normalized spacial score (nSPS) is 11.9. The van der Waals surface area contributed by atoms with Crippen LogP contribution in [0.15, 0.2) is 58.2 Å². The van der Waals surface area contributed by atoms with Crippen LogP contribution < -0.4 is 4.74 Å². The molecule has 2 aromatic carbocycles. The second kappa shape index (κ2) is 10.3. The van der Waals surface area contributed by atoms with Gasteiger partial charge in [-0.15, -0.1) is 10.2 Å². The first-order chi connectivity index (χ1) is 14.5. The van der Waals surface area contributed by atoms with Gasteiger partial charge >= 0.3 is 0 Å². The van der Waals surface area contributed by atoms with Crippen molar-refractivity contribution < 1.29 is 13.9 Å². The summed E-state index contributed by atoms with van der Waals surface area (Å²) in [5, 5.41) is 8.12. The van der Waals surface area contributed by atoms with Crippen LogP contribution in [0.5, 0.6) is 5.75 Å². The van der Waals surface area contributed by atoms with Gasteiger partial charge in [-0.05, 0) is 62.2 Å². The van der Waals surface area contributed by atoms with E-state index in [0.29, 0.717) is 24.2 Å². The zero-order chi connectivity index (χ0) is 21.5. The van der Waals surface area contributed by atoms with Crippen molar-refractivity contribution in [2.24, 2.45) is 0 Å². The van der Waals surface area contributed by atoms with Crippen molar-refractivity contribution in [1.29, 1.82) is 0 Å². The molecule has 0 saturated heterocycles. The Morgan fingerprint density at radius 3 is 2.53 bits per heavy atom. The van der Waals surface area contributed by atoms with E-state index in [-0.39, 0.29) is 12.5 Å². The highest BCUT2D eigenvalue weighted by molar-refractivity contribution is 8.00. The summed E-state index contributed by atoms with van der Waals surface area (Å²) in [5.74, 6) is 1.20. The van der Waals surface area contributed by atoms with Crippen LogP contribution in [0, 0.1) is 13.8 Å². The molecule has 7 heteroatoms. The fourth-order valence-electron chi connectivity index (χ4n) is 3.04. The number of carbonyl (C=O) groups is 1. The lowest BCUT2D eigenvalue weighted by molar-refractivity contribution is -0.130. The van der Waals surface area contributed by atoms with Crippen LogP contribution in [0.1, 0.15) is 41.7 Å². The van der Waals surface area contributed by atoms with Gasteiger partial charge in [0.15, 0.2) is 6.61 Å². The van der Waals surface area contributed by atoms with Gasteiger partial charge in [0.25, 0.3) is 11.1 Å². The molecule has 1 amide bonds. The molecule has 0 aliphatic rings. The third-order valence-electron chi connectivity index (χ3n) is 4.76. The average Bonchev–Trinajstić information content (AvgIpc) is 3.21. The van der Waals surface area contributed by atoms with Crippen molar-refractivity contribution in [2.75, 3.05) is 13.1 Å². The van der Waals surface area contributed by atoms with Gasteiger partial charge in [-0.3, -0.25) is 4.79 Å². The summed E-state index contributed by atoms with van der Waals surface area (Å²) in [7, 11) is 0. The summed E-state index contributed by atoms with van der Waals surface area (Å²) in [5.41, 5.74) is 3.08. The highest BCUT2D eigenvalue weighted by Crippen LogP contribution is 2.36. The predicted octanol–water partition coefficient (Wildman–Crippen LogP) is 4.97. The van der Waals surface area contributed by atoms with E-state index in [1.807, 2.05) is 81.1 Å². The molecule has 3 rings (SSSR count). The molecule has 1 unspecified atom stereocenters. The molecule has 1 aromatic heterocycles. The quantitative estimate of drug-likeness (QED) is 0.451. The molecule has 1 atom stereocenters. The largest absolute Gasteiger partial charge is 0.484 e. The van der Waals surface area contributed by atoms with Crippen LogP contribution in [0.25, 0.3) is 0 Å². The maximum Gasteiger partial charge on any atom is 0.277 e. The van der Waals surface area contributed by atoms with E-state index in [1.165, 1.54) is 11.8 Å². The van der Waals surface area contributed by atoms with Gasteiger partial charge in [0.1, 0.15) is 11.0 Å². The molecule has 6 nitrogen and oxygen atoms in total. The molecule has 0 spiro atoms. The summed E-state index contributed by atoms with van der Waals surface area (Å²) in [6.07, 6.45) is 0. The van der Waals surface area contributed by atoms with Crippen molar-refractivity contribution in [1.82, 2.24) is 15.1 Å². The van der Waals surface area contributed by atoms with Crippen molar-refractivity contribution in [3.63, 3.8) is 0 Å². The van der Waals surface area contributed by atoms with E-state index in [1.54, 1.807) is 0 Å². The average molecular weight is 426 g/mol. The minimum Gasteiger partial charge on any atom is -0.484 e. The molecule has 0 aliphatic heterocycles. The minimum absolute atomic E-state index is 0.0302. The number of amides is 1. The first-order valence-corrected chi connectivity index (χ1v) is 10.9. The van der Waals surface area contributed by atoms with Crippen molar-refractivity contribution in [3.05, 3.63) is 71.1 Å². The van der Waals surface area contributed by atoms with Gasteiger partial charge in [-0.2, -0.15) is 0 Å². The SMILES string of the molecule is CCN(CC)C(=O)C(Sc1nnc(COc2cc(C)ccc2C)o1)c1ccccc1. The first-order valence-electron chi connectivity index (χ1n) is 10.0. The lowest BCUT2D eigenvalue weighted by Crippen LogP contribution is -2.33. The summed E-state index contributed by atoms with van der Waals surface area (Å²) >= 11 is 1.27. The molecule has 3 aromatic rings. The molecular formula is C23H27N3O3S. The molecule has 0 fully saturated rings. The zero-order valence-corrected chi connectivity index (χ0v) is 18.6. The number of thioether (sulfide) groups is 1. The third-order valence-corrected chi connectivity index (χ3v) is 5.84. The van der Waals surface area contributed by atoms with Gasteiger partial charge in [-0.1, -0.05) is 42.5 Å². The number of rotatable bonds is 9. The highest BCUT2D eigenvalue weighted by Gasteiger charge is 2.28. The Hall–Kier alpha value is -2.80. The molecule has 0 saturated carbocycles. The number of aryl methyl sites for hydroxylation is 2. The zero-order valence-electron chi connectivity index (χ0n) is 17.8. The summed E-state index contributed by atoms with van der Waals surface area (Å²) in [4.78, 5) is 14.9. The van der Waals surface area contributed by atoms with Crippen molar-refractivity contribution >= 4 is 17.7 Å². The molecular weight excluding hydrogens is 398 g/mol. The van der Waals surface area contributed by atoms with Crippen LogP contribution in [-0.2, 0) is 11.4 Å². The van der Waals surface area contributed by atoms with E-state index in [9.17, 15) is 4.79 Å². The second-order valence-electron chi connectivity index (χ2n) is 6.94. The highest BCUT2D eigenvalue weighted by atomic mass is 32.2. The predicted molar refractivity (Wildman–Crippen MR) is 118 cm³/mol. The van der Waals surface area contributed by atoms with E-state index in [4.69, 9.17) is 9.15 Å². The second-order valence-corrected chi connectivity index (χ2v) is 7.99. The van der Waals surface area contributed by atoms with E-state index < -0.39 is 5.25 Å². The van der Waals surface area contributed by atoms with Crippen LogP contribution >= 0.6 is 11.8 Å². The number of likely N-dealkylation sites (N-methyl/N-ethyl adjacent to an activating group) is 1. The Morgan fingerprint density at radius 2 is 1.83 bits per heavy atom. The molecule has 0 bridgehead atoms. The van der Waals surface area contributed by atoms with Crippen LogP contribution in [0.4, 0.5) is 0 Å². The fraction of sp³-hybridized carbons (Fsp3) is 0.348. The number of aromatic nitrogens is 2. The number of hydrogen-bond donors (Lipinski definition) is 0. The van der Waals surface area contributed by atoms with Gasteiger partial charge in [0.05, 0.1) is 0 Å². The fourth-order valence-corrected chi connectivity index (χ4v) is 4.01. The Morgan fingerprint density at radius 1 is 1.10 bits per heavy atom. The molecule has 30 heavy (non-hydrogen) atoms. The minimum atomic E-state index is -0.445. The Kier molecular flexibility index (Phi) is 7.52. The smallest absolute Gasteiger partial charge is 0.277 e. The lowest BCUT2D eigenvalue weighted by Gasteiger charge is -2.24. The molecule has 1 heterocycles. The van der Waals surface area contributed by atoms with Gasteiger partial charge in [0.2, 0.25) is 5.91 Å². The Bertz CT molecular complexity index is 971. The molecule has 0 N–H and O–H groups in total. The number of ether oxygens (including phenoxy) is 1. The third kappa shape index (κ3) is 5.42. The molecule has 158 valence electrons. The van der Waals surface area contributed by atoms with Gasteiger partial charge < -0.3 is 14.1 Å². The van der Waals surface area contributed by atoms with E-state index >= 15 is 0 Å². The van der Waals surface area contributed by atoms with Crippen LogP contribution in [0.2, 0.25) is 0 Å². The number of carbonyl (C=O) groups excluding carboxylic acids is 1.